The van der Waals surface area contributed by atoms with Crippen molar-refractivity contribution in [2.24, 2.45) is 5.92 Å². The van der Waals surface area contributed by atoms with Crippen LogP contribution in [0.2, 0.25) is 0 Å². The van der Waals surface area contributed by atoms with Crippen LogP contribution in [0.4, 0.5) is 13.2 Å². The number of carboxylic acids is 1. The van der Waals surface area contributed by atoms with E-state index in [1.165, 1.54) is 38.8 Å². The Morgan fingerprint density at radius 1 is 1.18 bits per heavy atom. The monoisotopic (exact) mass is 476 g/mol. The minimum Gasteiger partial charge on any atom is -0.497 e. The second-order valence-corrected chi connectivity index (χ2v) is 8.77. The highest BCUT2D eigenvalue weighted by molar-refractivity contribution is 5.73. The molecule has 0 radical (unpaired) electrons. The third-order valence-electron chi connectivity index (χ3n) is 6.08. The van der Waals surface area contributed by atoms with Gasteiger partial charge < -0.3 is 14.7 Å². The average molecular weight is 476 g/mol. The van der Waals surface area contributed by atoms with Crippen molar-refractivity contribution >= 4 is 11.6 Å². The first-order chi connectivity index (χ1) is 16.2. The van der Waals surface area contributed by atoms with Crippen molar-refractivity contribution in [3.05, 3.63) is 48.4 Å². The number of hydrogen-bond donors (Lipinski definition) is 1. The molecule has 1 saturated heterocycles. The van der Waals surface area contributed by atoms with E-state index in [2.05, 4.69) is 35.4 Å². The lowest BCUT2D eigenvalue weighted by Gasteiger charge is -2.31. The number of alkyl halides is 3. The maximum absolute atomic E-state index is 10.6. The van der Waals surface area contributed by atoms with Gasteiger partial charge in [0.05, 0.1) is 7.11 Å². The van der Waals surface area contributed by atoms with E-state index < -0.39 is 12.1 Å². The number of pyridine rings is 1. The number of aromatic nitrogens is 3. The number of aliphatic carboxylic acids is 1. The summed E-state index contributed by atoms with van der Waals surface area (Å²) >= 11 is 0. The Morgan fingerprint density at radius 3 is 2.62 bits per heavy atom. The molecule has 1 aliphatic heterocycles. The molecule has 3 aromatic rings. The molecule has 1 aliphatic carbocycles. The van der Waals surface area contributed by atoms with Crippen molar-refractivity contribution in [2.45, 2.75) is 37.8 Å². The van der Waals surface area contributed by atoms with Crippen molar-refractivity contribution < 1.29 is 27.8 Å². The van der Waals surface area contributed by atoms with E-state index in [9.17, 15) is 13.2 Å². The van der Waals surface area contributed by atoms with Gasteiger partial charge in [-0.15, -0.1) is 0 Å². The van der Waals surface area contributed by atoms with Crippen LogP contribution < -0.4 is 4.74 Å². The molecule has 1 unspecified atom stereocenters. The molecule has 1 aromatic carbocycles. The van der Waals surface area contributed by atoms with Gasteiger partial charge in [0.15, 0.2) is 11.5 Å². The number of piperidine rings is 1. The molecule has 0 spiro atoms. The zero-order valence-corrected chi connectivity index (χ0v) is 18.8. The van der Waals surface area contributed by atoms with Gasteiger partial charge >= 0.3 is 12.1 Å². The van der Waals surface area contributed by atoms with E-state index >= 15 is 0 Å². The van der Waals surface area contributed by atoms with E-state index in [1.54, 1.807) is 7.11 Å². The molecule has 2 aromatic heterocycles. The van der Waals surface area contributed by atoms with Gasteiger partial charge in [0.1, 0.15) is 5.75 Å². The summed E-state index contributed by atoms with van der Waals surface area (Å²) in [6.45, 7) is 3.61. The molecule has 10 heteroatoms. The summed E-state index contributed by atoms with van der Waals surface area (Å²) in [6, 6.07) is 12.3. The zero-order chi connectivity index (χ0) is 24.3. The van der Waals surface area contributed by atoms with Crippen LogP contribution in [0.1, 0.15) is 37.4 Å². The first-order valence-electron chi connectivity index (χ1n) is 11.3. The van der Waals surface area contributed by atoms with E-state index in [0.29, 0.717) is 5.92 Å². The second-order valence-electron chi connectivity index (χ2n) is 8.77. The predicted octanol–water partition coefficient (Wildman–Crippen LogP) is 4.63. The normalized spacial score (nSPS) is 18.9. The van der Waals surface area contributed by atoms with Crippen LogP contribution in [0, 0.1) is 5.92 Å². The van der Waals surface area contributed by atoms with Gasteiger partial charge in [-0.1, -0.05) is 12.1 Å². The van der Waals surface area contributed by atoms with Crippen LogP contribution >= 0.6 is 0 Å². The molecule has 1 saturated carbocycles. The highest BCUT2D eigenvalue weighted by Crippen LogP contribution is 2.33. The summed E-state index contributed by atoms with van der Waals surface area (Å²) in [6.07, 6.45) is 2.27. The SMILES string of the molecule is COc1cccc(-c2ccc3nc(C4CCCN(CC5CC5)C4)nn3c2)c1.O=C(O)C(F)(F)F. The van der Waals surface area contributed by atoms with Gasteiger partial charge in [-0.2, -0.15) is 18.3 Å². The molecule has 2 fully saturated rings. The highest BCUT2D eigenvalue weighted by atomic mass is 19.4. The molecule has 34 heavy (non-hydrogen) atoms. The Bertz CT molecular complexity index is 1140. The highest BCUT2D eigenvalue weighted by Gasteiger charge is 2.38. The lowest BCUT2D eigenvalue weighted by molar-refractivity contribution is -0.192. The summed E-state index contributed by atoms with van der Waals surface area (Å²) < 4.78 is 39.0. The van der Waals surface area contributed by atoms with Crippen LogP contribution in [0.15, 0.2) is 42.6 Å². The maximum atomic E-state index is 10.6. The van der Waals surface area contributed by atoms with Crippen molar-refractivity contribution in [3.63, 3.8) is 0 Å². The first-order valence-corrected chi connectivity index (χ1v) is 11.3. The van der Waals surface area contributed by atoms with Gasteiger partial charge in [-0.25, -0.2) is 14.3 Å². The third-order valence-corrected chi connectivity index (χ3v) is 6.08. The largest absolute Gasteiger partial charge is 0.497 e. The molecule has 0 bridgehead atoms. The molecule has 1 N–H and O–H groups in total. The summed E-state index contributed by atoms with van der Waals surface area (Å²) in [4.78, 5) is 16.4. The number of likely N-dealkylation sites (tertiary alicyclic amines) is 1. The number of hydrogen-bond acceptors (Lipinski definition) is 5. The fourth-order valence-corrected chi connectivity index (χ4v) is 4.14. The second kappa shape index (κ2) is 10.0. The number of nitrogens with zero attached hydrogens (tertiary/aromatic N) is 4. The number of fused-ring (bicyclic) bond motifs is 1. The number of carboxylic acid groups (broad SMARTS) is 1. The number of benzene rings is 1. The molecule has 7 nitrogen and oxygen atoms in total. The molecule has 0 amide bonds. The van der Waals surface area contributed by atoms with Gasteiger partial charge in [0.2, 0.25) is 0 Å². The fourth-order valence-electron chi connectivity index (χ4n) is 4.14. The Labute approximate surface area is 195 Å². The Kier molecular flexibility index (Phi) is 7.06. The first kappa shape index (κ1) is 24.0. The van der Waals surface area contributed by atoms with Gasteiger partial charge in [0, 0.05) is 30.8 Å². The van der Waals surface area contributed by atoms with Crippen LogP contribution in [-0.4, -0.2) is 63.5 Å². The third kappa shape index (κ3) is 6.05. The Hall–Kier alpha value is -3.14. The number of rotatable bonds is 5. The molecule has 182 valence electrons. The van der Waals surface area contributed by atoms with E-state index in [1.807, 2.05) is 16.6 Å². The molecular weight excluding hydrogens is 449 g/mol. The minimum absolute atomic E-state index is 0.456. The van der Waals surface area contributed by atoms with Crippen molar-refractivity contribution in [3.8, 4) is 16.9 Å². The minimum atomic E-state index is -5.08. The van der Waals surface area contributed by atoms with E-state index in [4.69, 9.17) is 24.7 Å². The molecule has 5 rings (SSSR count). The van der Waals surface area contributed by atoms with E-state index in [0.717, 1.165) is 40.8 Å². The summed E-state index contributed by atoms with van der Waals surface area (Å²) in [5.41, 5.74) is 3.18. The zero-order valence-electron chi connectivity index (χ0n) is 18.8. The van der Waals surface area contributed by atoms with Crippen LogP contribution in [0.3, 0.4) is 0 Å². The number of carbonyl (C=O) groups is 1. The van der Waals surface area contributed by atoms with Crippen molar-refractivity contribution in [1.29, 1.82) is 0 Å². The fraction of sp³-hybridized carbons (Fsp3) is 0.458. The molecule has 1 atom stereocenters. The Morgan fingerprint density at radius 2 is 1.94 bits per heavy atom. The lowest BCUT2D eigenvalue weighted by Crippen LogP contribution is -2.36. The smallest absolute Gasteiger partial charge is 0.490 e. The van der Waals surface area contributed by atoms with E-state index in [-0.39, 0.29) is 0 Å². The average Bonchev–Trinajstić information content (AvgIpc) is 3.53. The quantitative estimate of drug-likeness (QED) is 0.579. The van der Waals surface area contributed by atoms with Crippen LogP contribution in [0.25, 0.3) is 16.8 Å². The number of halogens is 3. The summed E-state index contributed by atoms with van der Waals surface area (Å²) in [5, 5.41) is 12.0. The number of ether oxygens (including phenoxy) is 1. The van der Waals surface area contributed by atoms with Gasteiger partial charge in [0.25, 0.3) is 0 Å². The maximum Gasteiger partial charge on any atom is 0.490 e. The Balaban J connectivity index is 0.000000344. The van der Waals surface area contributed by atoms with Crippen LogP contribution in [-0.2, 0) is 4.79 Å². The van der Waals surface area contributed by atoms with Gasteiger partial charge in [-0.05, 0) is 68.0 Å². The molecule has 2 aliphatic rings. The van der Waals surface area contributed by atoms with Crippen LogP contribution in [0.5, 0.6) is 5.75 Å². The lowest BCUT2D eigenvalue weighted by atomic mass is 9.97. The topological polar surface area (TPSA) is 80.0 Å². The van der Waals surface area contributed by atoms with Crippen molar-refractivity contribution in [1.82, 2.24) is 19.5 Å². The summed E-state index contributed by atoms with van der Waals surface area (Å²) in [5.74, 6) is 0.511. The number of methoxy groups -OCH3 is 1. The predicted molar refractivity (Wildman–Crippen MR) is 120 cm³/mol. The van der Waals surface area contributed by atoms with Gasteiger partial charge in [-0.3, -0.25) is 0 Å². The summed E-state index contributed by atoms with van der Waals surface area (Å²) in [7, 11) is 1.70. The molecule has 3 heterocycles. The van der Waals surface area contributed by atoms with Crippen molar-refractivity contribution in [2.75, 3.05) is 26.7 Å². The molecular formula is C24H27F3N4O3. The standard InChI is InChI=1S/C22H26N4O.C2HF3O2/c1-27-20-6-2-4-17(12-20)18-9-10-21-23-22(24-26(21)15-18)19-5-3-11-25(14-19)13-16-7-8-16;3-2(4,5)1(6)7/h2,4,6,9-10,12,15-16,19H,3,5,7-8,11,13-14H2,1H3;(H,6,7).